The number of hydrogen-bond donors (Lipinski definition) is 1. The largest absolute Gasteiger partial charge is 0.492 e. The van der Waals surface area contributed by atoms with Crippen LogP contribution in [0.3, 0.4) is 0 Å². The average molecular weight is 429 g/mol. The van der Waals surface area contributed by atoms with Crippen molar-refractivity contribution < 1.29 is 23.8 Å². The van der Waals surface area contributed by atoms with Crippen LogP contribution in [-0.4, -0.2) is 34.8 Å². The van der Waals surface area contributed by atoms with E-state index in [2.05, 4.69) is 9.97 Å². The van der Waals surface area contributed by atoms with Crippen molar-refractivity contribution in [2.24, 2.45) is 11.8 Å². The van der Waals surface area contributed by atoms with E-state index in [0.717, 1.165) is 44.1 Å². The lowest BCUT2D eigenvalue weighted by Gasteiger charge is -2.29. The number of ether oxygens (including phenoxy) is 2. The molecule has 2 aromatic heterocycles. The number of carboxylic acids is 1. The van der Waals surface area contributed by atoms with E-state index in [0.29, 0.717) is 35.6 Å². The Morgan fingerprint density at radius 3 is 2.61 bits per heavy atom. The number of halogens is 1. The molecule has 1 unspecified atom stereocenters. The summed E-state index contributed by atoms with van der Waals surface area (Å²) in [6.07, 6.45) is 10.7. The predicted molar refractivity (Wildman–Crippen MR) is 113 cm³/mol. The smallest absolute Gasteiger partial charge is 0.303 e. The molecule has 0 aliphatic heterocycles. The minimum absolute atomic E-state index is 0.0104. The summed E-state index contributed by atoms with van der Waals surface area (Å²) in [6, 6.07) is 3.66. The van der Waals surface area contributed by atoms with Gasteiger partial charge in [-0.25, -0.2) is 9.37 Å². The van der Waals surface area contributed by atoms with Gasteiger partial charge in [0.05, 0.1) is 32.5 Å². The molecular weight excluding hydrogens is 399 g/mol. The van der Waals surface area contributed by atoms with Crippen LogP contribution in [0.4, 0.5) is 4.39 Å². The van der Waals surface area contributed by atoms with Gasteiger partial charge in [-0.3, -0.25) is 9.78 Å². The summed E-state index contributed by atoms with van der Waals surface area (Å²) in [4.78, 5) is 19.4. The van der Waals surface area contributed by atoms with Crippen LogP contribution in [0.2, 0.25) is 0 Å². The zero-order valence-corrected chi connectivity index (χ0v) is 17.8. The number of aliphatic carboxylic acids is 1. The van der Waals surface area contributed by atoms with Crippen LogP contribution in [0.5, 0.6) is 11.6 Å². The first kappa shape index (κ1) is 21.5. The highest BCUT2D eigenvalue weighted by molar-refractivity contribution is 5.68. The molecule has 2 aromatic rings. The summed E-state index contributed by atoms with van der Waals surface area (Å²) >= 11 is 0. The van der Waals surface area contributed by atoms with Crippen molar-refractivity contribution in [3.05, 3.63) is 47.7 Å². The summed E-state index contributed by atoms with van der Waals surface area (Å²) in [5, 5.41) is 9.23. The molecule has 2 fully saturated rings. The van der Waals surface area contributed by atoms with Gasteiger partial charge in [0.1, 0.15) is 11.6 Å². The molecule has 7 heteroatoms. The Balaban J connectivity index is 1.31. The number of carboxylic acid groups (broad SMARTS) is 1. The van der Waals surface area contributed by atoms with Gasteiger partial charge < -0.3 is 14.6 Å². The zero-order valence-electron chi connectivity index (χ0n) is 17.8. The Morgan fingerprint density at radius 2 is 1.94 bits per heavy atom. The maximum Gasteiger partial charge on any atom is 0.303 e. The van der Waals surface area contributed by atoms with Crippen LogP contribution < -0.4 is 9.47 Å². The van der Waals surface area contributed by atoms with Gasteiger partial charge in [0.25, 0.3) is 0 Å². The van der Waals surface area contributed by atoms with Gasteiger partial charge in [0, 0.05) is 12.3 Å². The van der Waals surface area contributed by atoms with Gasteiger partial charge in [-0.05, 0) is 79.4 Å². The molecule has 0 saturated heterocycles. The van der Waals surface area contributed by atoms with Crippen LogP contribution in [0, 0.1) is 17.7 Å². The molecule has 2 aliphatic rings. The van der Waals surface area contributed by atoms with Crippen molar-refractivity contribution in [2.45, 2.75) is 56.8 Å². The minimum atomic E-state index is -0.775. The third-order valence-corrected chi connectivity index (χ3v) is 6.59. The van der Waals surface area contributed by atoms with E-state index in [1.54, 1.807) is 18.5 Å². The van der Waals surface area contributed by atoms with E-state index in [9.17, 15) is 14.3 Å². The highest BCUT2D eigenvalue weighted by atomic mass is 19.1. The molecule has 31 heavy (non-hydrogen) atoms. The van der Waals surface area contributed by atoms with E-state index < -0.39 is 5.97 Å². The summed E-state index contributed by atoms with van der Waals surface area (Å²) in [5.41, 5.74) is 1.64. The monoisotopic (exact) mass is 428 g/mol. The highest BCUT2D eigenvalue weighted by Crippen LogP contribution is 2.45. The molecular formula is C24H29FN2O4. The number of aromatic nitrogens is 2. The van der Waals surface area contributed by atoms with E-state index in [1.165, 1.54) is 13.3 Å². The first-order valence-electron chi connectivity index (χ1n) is 11.0. The molecule has 1 atom stereocenters. The first-order valence-corrected chi connectivity index (χ1v) is 11.0. The number of methoxy groups -OCH3 is 1. The second-order valence-corrected chi connectivity index (χ2v) is 8.77. The van der Waals surface area contributed by atoms with E-state index in [1.807, 2.05) is 6.07 Å². The van der Waals surface area contributed by atoms with Crippen molar-refractivity contribution in [1.82, 2.24) is 9.97 Å². The quantitative estimate of drug-likeness (QED) is 0.609. The predicted octanol–water partition coefficient (Wildman–Crippen LogP) is 4.95. The third-order valence-electron chi connectivity index (χ3n) is 6.59. The van der Waals surface area contributed by atoms with Gasteiger partial charge in [0.15, 0.2) is 0 Å². The lowest BCUT2D eigenvalue weighted by Crippen LogP contribution is -2.20. The van der Waals surface area contributed by atoms with Crippen LogP contribution in [0.15, 0.2) is 30.7 Å². The first-order chi connectivity index (χ1) is 15.0. The van der Waals surface area contributed by atoms with Crippen molar-refractivity contribution in [1.29, 1.82) is 0 Å². The fourth-order valence-electron chi connectivity index (χ4n) is 4.67. The van der Waals surface area contributed by atoms with Crippen molar-refractivity contribution in [3.63, 3.8) is 0 Å². The molecule has 0 spiro atoms. The van der Waals surface area contributed by atoms with Crippen molar-refractivity contribution in [2.75, 3.05) is 13.7 Å². The Hall–Kier alpha value is -2.70. The summed E-state index contributed by atoms with van der Waals surface area (Å²) in [6.45, 7) is 0.590. The normalized spacial score (nSPS) is 22.0. The van der Waals surface area contributed by atoms with E-state index in [-0.39, 0.29) is 24.1 Å². The van der Waals surface area contributed by atoms with Crippen LogP contribution >= 0.6 is 0 Å². The average Bonchev–Trinajstić information content (AvgIpc) is 3.62. The molecule has 1 N–H and O–H groups in total. The third kappa shape index (κ3) is 5.51. The number of carbonyl (C=O) groups is 1. The molecule has 0 bridgehead atoms. The molecule has 6 nitrogen and oxygen atoms in total. The van der Waals surface area contributed by atoms with Gasteiger partial charge in [0.2, 0.25) is 5.88 Å². The van der Waals surface area contributed by atoms with E-state index in [4.69, 9.17) is 9.47 Å². The Bertz CT molecular complexity index is 910. The van der Waals surface area contributed by atoms with Crippen molar-refractivity contribution >= 4 is 5.97 Å². The Morgan fingerprint density at radius 1 is 1.16 bits per heavy atom. The van der Waals surface area contributed by atoms with Crippen LogP contribution in [0.1, 0.15) is 67.9 Å². The van der Waals surface area contributed by atoms with Gasteiger partial charge in [-0.15, -0.1) is 0 Å². The zero-order chi connectivity index (χ0) is 21.8. The fraction of sp³-hybridized carbons (Fsp3) is 0.542. The lowest BCUT2D eigenvalue weighted by atomic mass is 9.79. The highest BCUT2D eigenvalue weighted by Gasteiger charge is 2.34. The second kappa shape index (κ2) is 9.62. The number of hydrogen-bond acceptors (Lipinski definition) is 5. The van der Waals surface area contributed by atoms with Gasteiger partial charge in [-0.1, -0.05) is 0 Å². The van der Waals surface area contributed by atoms with Crippen molar-refractivity contribution in [3.8, 4) is 11.6 Å². The molecule has 0 radical (unpaired) electrons. The summed E-state index contributed by atoms with van der Waals surface area (Å²) in [7, 11) is 1.54. The maximum absolute atomic E-state index is 14.2. The molecule has 2 aliphatic carbocycles. The maximum atomic E-state index is 14.2. The summed E-state index contributed by atoms with van der Waals surface area (Å²) < 4.78 is 25.4. The molecule has 166 valence electrons. The molecule has 4 rings (SSSR count). The minimum Gasteiger partial charge on any atom is -0.492 e. The second-order valence-electron chi connectivity index (χ2n) is 8.77. The molecule has 2 heterocycles. The lowest BCUT2D eigenvalue weighted by molar-refractivity contribution is -0.137. The number of pyridine rings is 2. The topological polar surface area (TPSA) is 81.5 Å². The van der Waals surface area contributed by atoms with Crippen LogP contribution in [-0.2, 0) is 4.79 Å². The SMILES string of the molecule is COc1cc([C@H]2CC[C@@H](COc3cncc(C(CC(=O)O)C4CC4)c3)CC2)c(F)cn1. The molecule has 2 saturated carbocycles. The van der Waals surface area contributed by atoms with Gasteiger partial charge in [-0.2, -0.15) is 0 Å². The molecule has 0 aromatic carbocycles. The fourth-order valence-corrected chi connectivity index (χ4v) is 4.67. The Labute approximate surface area is 181 Å². The number of nitrogens with zero attached hydrogens (tertiary/aromatic N) is 2. The van der Waals surface area contributed by atoms with Gasteiger partial charge >= 0.3 is 5.97 Å². The molecule has 0 amide bonds. The van der Waals surface area contributed by atoms with Crippen LogP contribution in [0.25, 0.3) is 0 Å². The van der Waals surface area contributed by atoms with E-state index >= 15 is 0 Å². The standard InChI is InChI=1S/C24H29FN2O4/c1-30-23-9-21(22(25)13-27-23)17-4-2-15(3-5-17)14-31-19-8-18(11-26-12-19)20(10-24(28)29)16-6-7-16/h8-9,11-13,15-17,20H,2-7,10,14H2,1H3,(H,28,29)/t15-,17+,20?. The summed E-state index contributed by atoms with van der Waals surface area (Å²) in [5.74, 6) is 1.13. The Kier molecular flexibility index (Phi) is 6.68. The number of rotatable bonds is 9.